The Kier molecular flexibility index (Phi) is 5.60. The van der Waals surface area contributed by atoms with E-state index in [-0.39, 0.29) is 6.61 Å². The van der Waals surface area contributed by atoms with Crippen molar-refractivity contribution in [1.29, 1.82) is 0 Å². The first kappa shape index (κ1) is 13.6. The summed E-state index contributed by atoms with van der Waals surface area (Å²) in [6.45, 7) is 3.58. The van der Waals surface area contributed by atoms with Crippen LogP contribution in [0.25, 0.3) is 0 Å². The second-order valence-electron chi connectivity index (χ2n) is 2.91. The number of hydrogen-bond donors (Lipinski definition) is 0. The van der Waals surface area contributed by atoms with Gasteiger partial charge in [-0.3, -0.25) is 0 Å². The van der Waals surface area contributed by atoms with Crippen molar-refractivity contribution in [2.24, 2.45) is 0 Å². The summed E-state index contributed by atoms with van der Waals surface area (Å²) in [5.74, 6) is -0.112. The molecule has 0 aromatic heterocycles. The molecule has 0 amide bonds. The quantitative estimate of drug-likeness (QED) is 0.356. The largest absolute Gasteiger partial charge is 0.463 e. The van der Waals surface area contributed by atoms with Crippen LogP contribution in [0, 0.1) is 0 Å². The van der Waals surface area contributed by atoms with E-state index >= 15 is 0 Å². The van der Waals surface area contributed by atoms with E-state index in [0.29, 0.717) is 15.8 Å². The van der Waals surface area contributed by atoms with Crippen molar-refractivity contribution in [3.8, 4) is 5.75 Å². The van der Waals surface area contributed by atoms with Crippen LogP contribution in [0.4, 0.5) is 0 Å². The number of ether oxygens (including phenoxy) is 2. The summed E-state index contributed by atoms with van der Waals surface area (Å²) in [5, 5.41) is 0.873. The van der Waals surface area contributed by atoms with Gasteiger partial charge in [0.15, 0.2) is 0 Å². The molecule has 0 fully saturated rings. The third-order valence-corrected chi connectivity index (χ3v) is 2.17. The molecule has 1 aromatic carbocycles. The smallest absolute Gasteiger partial charge is 0.334 e. The molecule has 0 N–H and O–H groups in total. The third-order valence-electron chi connectivity index (χ3n) is 1.64. The average Bonchev–Trinajstić information content (AvgIpc) is 2.29. The molecule has 0 saturated heterocycles. The lowest BCUT2D eigenvalue weighted by atomic mass is 10.3. The van der Waals surface area contributed by atoms with Gasteiger partial charge in [0.25, 0.3) is 0 Å². The van der Waals surface area contributed by atoms with Gasteiger partial charge in [-0.05, 0) is 18.2 Å². The predicted molar refractivity (Wildman–Crippen MR) is 67.4 cm³/mol. The molecular formula is C12H10Cl2O3. The lowest BCUT2D eigenvalue weighted by molar-refractivity contribution is -0.136. The van der Waals surface area contributed by atoms with Crippen molar-refractivity contribution in [2.75, 3.05) is 6.61 Å². The molecule has 0 atom stereocenters. The highest BCUT2D eigenvalue weighted by molar-refractivity contribution is 6.35. The predicted octanol–water partition coefficient (Wildman–Crippen LogP) is 3.62. The molecule has 0 radical (unpaired) electrons. The van der Waals surface area contributed by atoms with Gasteiger partial charge in [0, 0.05) is 5.02 Å². The van der Waals surface area contributed by atoms with Gasteiger partial charge in [-0.1, -0.05) is 35.9 Å². The van der Waals surface area contributed by atoms with Crippen molar-refractivity contribution in [3.63, 3.8) is 0 Å². The van der Waals surface area contributed by atoms with Gasteiger partial charge in [0.2, 0.25) is 0 Å². The van der Waals surface area contributed by atoms with Crippen LogP contribution in [-0.2, 0) is 9.53 Å². The number of carbonyl (C=O) groups excluding carboxylic acids is 1. The lowest BCUT2D eigenvalue weighted by Crippen LogP contribution is -2.00. The second kappa shape index (κ2) is 6.99. The molecule has 0 aliphatic rings. The zero-order chi connectivity index (χ0) is 12.7. The summed E-state index contributed by atoms with van der Waals surface area (Å²) in [6, 6.07) is 4.78. The average molecular weight is 273 g/mol. The molecule has 17 heavy (non-hydrogen) atoms. The van der Waals surface area contributed by atoms with Gasteiger partial charge in [0.1, 0.15) is 12.4 Å². The molecule has 0 unspecified atom stereocenters. The highest BCUT2D eigenvalue weighted by Crippen LogP contribution is 2.27. The Morgan fingerprint density at radius 3 is 2.82 bits per heavy atom. The van der Waals surface area contributed by atoms with Gasteiger partial charge < -0.3 is 9.47 Å². The van der Waals surface area contributed by atoms with Gasteiger partial charge in [0.05, 0.1) is 17.4 Å². The number of halogens is 2. The van der Waals surface area contributed by atoms with E-state index in [9.17, 15) is 4.79 Å². The SMILES string of the molecule is C=CCOC(=O)/C=C/Oc1ccc(Cl)cc1Cl. The highest BCUT2D eigenvalue weighted by Gasteiger charge is 2.01. The van der Waals surface area contributed by atoms with E-state index in [1.54, 1.807) is 18.2 Å². The Labute approximate surface area is 109 Å². The Bertz CT molecular complexity index is 441. The Morgan fingerprint density at radius 2 is 2.18 bits per heavy atom. The van der Waals surface area contributed by atoms with Crippen LogP contribution in [0.5, 0.6) is 5.75 Å². The van der Waals surface area contributed by atoms with Crippen molar-refractivity contribution < 1.29 is 14.3 Å². The molecule has 5 heteroatoms. The Balaban J connectivity index is 2.52. The molecule has 0 spiro atoms. The molecule has 0 heterocycles. The number of carbonyl (C=O) groups is 1. The summed E-state index contributed by atoms with van der Waals surface area (Å²) in [5.41, 5.74) is 0. The maximum atomic E-state index is 11.0. The summed E-state index contributed by atoms with van der Waals surface area (Å²) in [6.07, 6.45) is 3.82. The van der Waals surface area contributed by atoms with Gasteiger partial charge >= 0.3 is 5.97 Å². The molecule has 0 aliphatic heterocycles. The van der Waals surface area contributed by atoms with Crippen molar-refractivity contribution >= 4 is 29.2 Å². The zero-order valence-corrected chi connectivity index (χ0v) is 10.4. The van der Waals surface area contributed by atoms with Gasteiger partial charge in [-0.2, -0.15) is 0 Å². The zero-order valence-electron chi connectivity index (χ0n) is 8.86. The van der Waals surface area contributed by atoms with Crippen molar-refractivity contribution in [2.45, 2.75) is 0 Å². The van der Waals surface area contributed by atoms with Crippen molar-refractivity contribution in [3.05, 3.63) is 53.2 Å². The van der Waals surface area contributed by atoms with E-state index in [1.165, 1.54) is 12.3 Å². The van der Waals surface area contributed by atoms with Crippen LogP contribution in [-0.4, -0.2) is 12.6 Å². The maximum absolute atomic E-state index is 11.0. The Morgan fingerprint density at radius 1 is 1.41 bits per heavy atom. The van der Waals surface area contributed by atoms with E-state index in [4.69, 9.17) is 32.7 Å². The van der Waals surface area contributed by atoms with Crippen LogP contribution in [0.3, 0.4) is 0 Å². The molecule has 3 nitrogen and oxygen atoms in total. The maximum Gasteiger partial charge on any atom is 0.334 e. The van der Waals surface area contributed by atoms with E-state index in [2.05, 4.69) is 6.58 Å². The summed E-state index contributed by atoms with van der Waals surface area (Å²) in [4.78, 5) is 11.0. The molecule has 0 bridgehead atoms. The minimum atomic E-state index is -0.519. The fourth-order valence-corrected chi connectivity index (χ4v) is 1.38. The van der Waals surface area contributed by atoms with E-state index in [1.807, 2.05) is 0 Å². The highest BCUT2D eigenvalue weighted by atomic mass is 35.5. The minimum Gasteiger partial charge on any atom is -0.463 e. The number of benzene rings is 1. The molecule has 0 saturated carbocycles. The molecular weight excluding hydrogens is 263 g/mol. The van der Waals surface area contributed by atoms with Crippen LogP contribution in [0.15, 0.2) is 43.2 Å². The number of rotatable bonds is 5. The monoisotopic (exact) mass is 272 g/mol. The normalized spacial score (nSPS) is 10.2. The minimum absolute atomic E-state index is 0.158. The fraction of sp³-hybridized carbons (Fsp3) is 0.0833. The first-order chi connectivity index (χ1) is 8.13. The second-order valence-corrected chi connectivity index (χ2v) is 3.76. The van der Waals surface area contributed by atoms with Crippen LogP contribution in [0.1, 0.15) is 0 Å². The fourth-order valence-electron chi connectivity index (χ4n) is 0.923. The molecule has 90 valence electrons. The molecule has 0 aliphatic carbocycles. The van der Waals surface area contributed by atoms with Crippen LogP contribution >= 0.6 is 23.2 Å². The summed E-state index contributed by atoms with van der Waals surface area (Å²) in [7, 11) is 0. The molecule has 1 aromatic rings. The molecule has 1 rings (SSSR count). The van der Waals surface area contributed by atoms with E-state index in [0.717, 1.165) is 6.08 Å². The number of esters is 1. The van der Waals surface area contributed by atoms with Crippen LogP contribution < -0.4 is 4.74 Å². The van der Waals surface area contributed by atoms with E-state index < -0.39 is 5.97 Å². The topological polar surface area (TPSA) is 35.5 Å². The van der Waals surface area contributed by atoms with Gasteiger partial charge in [-0.25, -0.2) is 4.79 Å². The van der Waals surface area contributed by atoms with Gasteiger partial charge in [-0.15, -0.1) is 0 Å². The van der Waals surface area contributed by atoms with Crippen molar-refractivity contribution in [1.82, 2.24) is 0 Å². The standard InChI is InChI=1S/C12H10Cl2O3/c1-2-6-17-12(15)5-7-16-11-4-3-9(13)8-10(11)14/h2-5,7-8H,1,6H2/b7-5+. The summed E-state index contributed by atoms with van der Waals surface area (Å²) >= 11 is 11.6. The van der Waals surface area contributed by atoms with Crippen LogP contribution in [0.2, 0.25) is 10.0 Å². The summed E-state index contributed by atoms with van der Waals surface area (Å²) < 4.78 is 9.85. The Hall–Kier alpha value is -1.45. The first-order valence-corrected chi connectivity index (χ1v) is 5.45. The first-order valence-electron chi connectivity index (χ1n) is 4.69. The number of hydrogen-bond acceptors (Lipinski definition) is 3. The third kappa shape index (κ3) is 4.93. The lowest BCUT2D eigenvalue weighted by Gasteiger charge is -2.02.